The quantitative estimate of drug-likeness (QED) is 0.571. The van der Waals surface area contributed by atoms with Gasteiger partial charge in [-0.3, -0.25) is 4.90 Å². The summed E-state index contributed by atoms with van der Waals surface area (Å²) in [6.45, 7) is 9.00. The van der Waals surface area contributed by atoms with E-state index in [1.165, 1.54) is 66.5 Å². The molecule has 0 aromatic heterocycles. The van der Waals surface area contributed by atoms with Crippen molar-refractivity contribution < 1.29 is 0 Å². The molecule has 2 aromatic carbocycles. The number of rotatable bonds is 10. The molecule has 1 N–H and O–H groups in total. The largest absolute Gasteiger partial charge is 0.316 e. The lowest BCUT2D eigenvalue weighted by Gasteiger charge is -2.29. The van der Waals surface area contributed by atoms with Crippen molar-refractivity contribution in [2.24, 2.45) is 0 Å². The smallest absolute Gasteiger partial charge is 0.0236 e. The number of benzene rings is 2. The first kappa shape index (κ1) is 21.1. The molecular formula is C26H38N2. The molecule has 152 valence electrons. The van der Waals surface area contributed by atoms with Crippen molar-refractivity contribution in [2.75, 3.05) is 20.1 Å². The lowest BCUT2D eigenvalue weighted by molar-refractivity contribution is 0.257. The standard InChI is InChI=1S/C26H38N2/c1-4-6-7-23(5-2)24-11-8-21(9-12-24)14-16-28-17-15-25-13-10-22(19-27-3)18-26(25)20-28/h8-13,18,23,27H,4-7,14-17,19-20H2,1-3H3. The van der Waals surface area contributed by atoms with Crippen molar-refractivity contribution in [2.45, 2.75) is 71.4 Å². The first-order valence-corrected chi connectivity index (χ1v) is 11.3. The number of nitrogens with zero attached hydrogens (tertiary/aromatic N) is 1. The molecule has 0 radical (unpaired) electrons. The number of unbranched alkanes of at least 4 members (excludes halogenated alkanes) is 1. The van der Waals surface area contributed by atoms with Crippen LogP contribution >= 0.6 is 0 Å². The summed E-state index contributed by atoms with van der Waals surface area (Å²) in [7, 11) is 2.02. The highest BCUT2D eigenvalue weighted by Gasteiger charge is 2.16. The van der Waals surface area contributed by atoms with Crippen molar-refractivity contribution in [1.29, 1.82) is 0 Å². The van der Waals surface area contributed by atoms with Crippen molar-refractivity contribution in [3.63, 3.8) is 0 Å². The topological polar surface area (TPSA) is 15.3 Å². The van der Waals surface area contributed by atoms with Crippen molar-refractivity contribution in [1.82, 2.24) is 10.2 Å². The van der Waals surface area contributed by atoms with Crippen LogP contribution in [0.5, 0.6) is 0 Å². The molecule has 1 atom stereocenters. The van der Waals surface area contributed by atoms with Gasteiger partial charge in [0.2, 0.25) is 0 Å². The summed E-state index contributed by atoms with van der Waals surface area (Å²) < 4.78 is 0. The first-order valence-electron chi connectivity index (χ1n) is 11.3. The predicted octanol–water partition coefficient (Wildman–Crippen LogP) is 5.69. The highest BCUT2D eigenvalue weighted by molar-refractivity contribution is 5.34. The maximum absolute atomic E-state index is 3.26. The first-order chi connectivity index (χ1) is 13.7. The third-order valence-corrected chi connectivity index (χ3v) is 6.31. The Labute approximate surface area is 172 Å². The summed E-state index contributed by atoms with van der Waals surface area (Å²) in [6.07, 6.45) is 7.55. The molecule has 0 saturated heterocycles. The second-order valence-corrected chi connectivity index (χ2v) is 8.40. The van der Waals surface area contributed by atoms with Gasteiger partial charge < -0.3 is 5.32 Å². The molecule has 1 aliphatic heterocycles. The normalized spacial score (nSPS) is 15.4. The minimum absolute atomic E-state index is 0.736. The molecule has 0 saturated carbocycles. The molecule has 0 aliphatic carbocycles. The predicted molar refractivity (Wildman–Crippen MR) is 121 cm³/mol. The summed E-state index contributed by atoms with van der Waals surface area (Å²) in [5, 5.41) is 3.26. The van der Waals surface area contributed by atoms with E-state index >= 15 is 0 Å². The average molecular weight is 379 g/mol. The Balaban J connectivity index is 1.54. The lowest BCUT2D eigenvalue weighted by atomic mass is 9.90. The van der Waals surface area contributed by atoms with Crippen LogP contribution in [0.1, 0.15) is 73.3 Å². The van der Waals surface area contributed by atoms with Crippen molar-refractivity contribution >= 4 is 0 Å². The maximum Gasteiger partial charge on any atom is 0.0236 e. The molecule has 0 spiro atoms. The van der Waals surface area contributed by atoms with Crippen LogP contribution in [0, 0.1) is 0 Å². The summed E-state index contributed by atoms with van der Waals surface area (Å²) >= 11 is 0. The fourth-order valence-electron chi connectivity index (χ4n) is 4.47. The monoisotopic (exact) mass is 378 g/mol. The SMILES string of the molecule is CCCCC(CC)c1ccc(CCN2CCc3ccc(CNC)cc3C2)cc1. The number of fused-ring (bicyclic) bond motifs is 1. The van der Waals surface area contributed by atoms with Gasteiger partial charge in [0.05, 0.1) is 0 Å². The van der Waals surface area contributed by atoms with Crippen molar-refractivity contribution in [3.8, 4) is 0 Å². The molecule has 3 rings (SSSR count). The Hall–Kier alpha value is -1.64. The number of nitrogens with one attached hydrogen (secondary N) is 1. The van der Waals surface area contributed by atoms with E-state index in [2.05, 4.69) is 66.5 Å². The summed E-state index contributed by atoms with van der Waals surface area (Å²) in [4.78, 5) is 2.62. The highest BCUT2D eigenvalue weighted by atomic mass is 15.1. The summed E-state index contributed by atoms with van der Waals surface area (Å²) in [5.74, 6) is 0.736. The Morgan fingerprint density at radius 3 is 2.50 bits per heavy atom. The second kappa shape index (κ2) is 10.8. The molecule has 2 nitrogen and oxygen atoms in total. The van der Waals surface area contributed by atoms with E-state index in [1.807, 2.05) is 7.05 Å². The Kier molecular flexibility index (Phi) is 8.12. The molecule has 2 heteroatoms. The van der Waals surface area contributed by atoms with Gasteiger partial charge in [-0.15, -0.1) is 0 Å². The van der Waals surface area contributed by atoms with Crippen molar-refractivity contribution in [3.05, 3.63) is 70.3 Å². The second-order valence-electron chi connectivity index (χ2n) is 8.40. The van der Waals surface area contributed by atoms with Gasteiger partial charge in [-0.1, -0.05) is 69.2 Å². The Morgan fingerprint density at radius 1 is 1.00 bits per heavy atom. The minimum atomic E-state index is 0.736. The van der Waals surface area contributed by atoms with Crippen LogP contribution in [-0.4, -0.2) is 25.0 Å². The van der Waals surface area contributed by atoms with Gasteiger partial charge in [-0.2, -0.15) is 0 Å². The van der Waals surface area contributed by atoms with Gasteiger partial charge in [-0.25, -0.2) is 0 Å². The zero-order valence-electron chi connectivity index (χ0n) is 18.1. The summed E-state index contributed by atoms with van der Waals surface area (Å²) in [5.41, 5.74) is 7.47. The fraction of sp³-hybridized carbons (Fsp3) is 0.538. The molecule has 2 aromatic rings. The van der Waals surface area contributed by atoms with Crippen LogP contribution in [0.15, 0.2) is 42.5 Å². The van der Waals surface area contributed by atoms with E-state index in [0.29, 0.717) is 0 Å². The third kappa shape index (κ3) is 5.68. The van der Waals surface area contributed by atoms with Crippen LogP contribution in [0.2, 0.25) is 0 Å². The molecule has 1 heterocycles. The van der Waals surface area contributed by atoms with Gasteiger partial charge >= 0.3 is 0 Å². The zero-order chi connectivity index (χ0) is 19.8. The molecular weight excluding hydrogens is 340 g/mol. The number of hydrogen-bond donors (Lipinski definition) is 1. The molecule has 1 unspecified atom stereocenters. The highest BCUT2D eigenvalue weighted by Crippen LogP contribution is 2.26. The van der Waals surface area contributed by atoms with Crippen LogP contribution in [-0.2, 0) is 25.9 Å². The van der Waals surface area contributed by atoms with E-state index < -0.39 is 0 Å². The van der Waals surface area contributed by atoms with E-state index in [-0.39, 0.29) is 0 Å². The summed E-state index contributed by atoms with van der Waals surface area (Å²) in [6, 6.07) is 16.5. The zero-order valence-corrected chi connectivity index (χ0v) is 18.1. The van der Waals surface area contributed by atoms with Gasteiger partial charge in [-0.05, 0) is 66.5 Å². The third-order valence-electron chi connectivity index (χ3n) is 6.31. The minimum Gasteiger partial charge on any atom is -0.316 e. The molecule has 0 amide bonds. The van der Waals surface area contributed by atoms with Gasteiger partial charge in [0.1, 0.15) is 0 Å². The van der Waals surface area contributed by atoms with Crippen LogP contribution in [0.4, 0.5) is 0 Å². The van der Waals surface area contributed by atoms with Crippen LogP contribution in [0.25, 0.3) is 0 Å². The maximum atomic E-state index is 3.26. The van der Waals surface area contributed by atoms with Crippen LogP contribution in [0.3, 0.4) is 0 Å². The fourth-order valence-corrected chi connectivity index (χ4v) is 4.47. The molecule has 0 bridgehead atoms. The molecule has 0 fully saturated rings. The van der Waals surface area contributed by atoms with E-state index in [0.717, 1.165) is 32.0 Å². The molecule has 1 aliphatic rings. The lowest BCUT2D eigenvalue weighted by Crippen LogP contribution is -2.32. The van der Waals surface area contributed by atoms with Gasteiger partial charge in [0.15, 0.2) is 0 Å². The Morgan fingerprint density at radius 2 is 1.79 bits per heavy atom. The molecule has 28 heavy (non-hydrogen) atoms. The van der Waals surface area contributed by atoms with Gasteiger partial charge in [0.25, 0.3) is 0 Å². The van der Waals surface area contributed by atoms with E-state index in [1.54, 1.807) is 0 Å². The Bertz CT molecular complexity index is 720. The van der Waals surface area contributed by atoms with Gasteiger partial charge in [0, 0.05) is 26.2 Å². The number of hydrogen-bond acceptors (Lipinski definition) is 2. The van der Waals surface area contributed by atoms with E-state index in [9.17, 15) is 0 Å². The van der Waals surface area contributed by atoms with Crippen LogP contribution < -0.4 is 5.32 Å². The average Bonchev–Trinajstić information content (AvgIpc) is 2.73. The van der Waals surface area contributed by atoms with E-state index in [4.69, 9.17) is 0 Å².